The summed E-state index contributed by atoms with van der Waals surface area (Å²) in [5.74, 6) is -0.195. The fraction of sp³-hybridized carbons (Fsp3) is 0.333. The Balaban J connectivity index is 2.30. The third-order valence-electron chi connectivity index (χ3n) is 2.71. The number of allylic oxidation sites excluding steroid dienone is 2. The molecule has 0 N–H and O–H groups in total. The molecule has 0 amide bonds. The molecule has 16 heavy (non-hydrogen) atoms. The molecule has 0 aromatic heterocycles. The lowest BCUT2D eigenvalue weighted by Crippen LogP contribution is -2.04. The first-order valence-corrected chi connectivity index (χ1v) is 5.03. The van der Waals surface area contributed by atoms with Crippen LogP contribution in [0.25, 0.3) is 5.57 Å². The van der Waals surface area contributed by atoms with Gasteiger partial charge in [-0.25, -0.2) is 4.39 Å². The molecule has 0 aliphatic heterocycles. The molecule has 0 heterocycles. The van der Waals surface area contributed by atoms with E-state index in [2.05, 4.69) is 0 Å². The van der Waals surface area contributed by atoms with Crippen LogP contribution >= 0.6 is 0 Å². The fourth-order valence-corrected chi connectivity index (χ4v) is 1.87. The van der Waals surface area contributed by atoms with Gasteiger partial charge in [-0.1, -0.05) is 12.1 Å². The van der Waals surface area contributed by atoms with E-state index >= 15 is 0 Å². The SMILES string of the molecule is FC1=C(c2ccc(C(F)(F)F)cc2)CCC1. The van der Waals surface area contributed by atoms with Gasteiger partial charge in [0.1, 0.15) is 5.83 Å². The Hall–Kier alpha value is -1.32. The van der Waals surface area contributed by atoms with Gasteiger partial charge in [0.2, 0.25) is 0 Å². The highest BCUT2D eigenvalue weighted by Crippen LogP contribution is 2.36. The zero-order valence-electron chi connectivity index (χ0n) is 8.44. The molecule has 0 saturated carbocycles. The number of halogens is 4. The molecule has 1 aromatic rings. The zero-order chi connectivity index (χ0) is 11.8. The van der Waals surface area contributed by atoms with E-state index in [0.29, 0.717) is 24.0 Å². The Bertz CT molecular complexity index is 412. The minimum atomic E-state index is -4.33. The van der Waals surface area contributed by atoms with Crippen molar-refractivity contribution in [3.63, 3.8) is 0 Å². The molecule has 86 valence electrons. The summed E-state index contributed by atoms with van der Waals surface area (Å²) in [6, 6.07) is 4.66. The lowest BCUT2D eigenvalue weighted by atomic mass is 10.0. The van der Waals surface area contributed by atoms with Crippen molar-refractivity contribution in [1.29, 1.82) is 0 Å². The Kier molecular flexibility index (Phi) is 2.74. The summed E-state index contributed by atoms with van der Waals surface area (Å²) in [6.07, 6.45) is -2.59. The molecule has 0 spiro atoms. The monoisotopic (exact) mass is 230 g/mol. The molecule has 2 rings (SSSR count). The van der Waals surface area contributed by atoms with Crippen LogP contribution in [-0.4, -0.2) is 0 Å². The summed E-state index contributed by atoms with van der Waals surface area (Å²) in [5, 5.41) is 0. The molecule has 1 aromatic carbocycles. The van der Waals surface area contributed by atoms with Crippen LogP contribution in [0.5, 0.6) is 0 Å². The maximum Gasteiger partial charge on any atom is 0.416 e. The molecule has 0 unspecified atom stereocenters. The first-order valence-electron chi connectivity index (χ1n) is 5.03. The summed E-state index contributed by atoms with van der Waals surface area (Å²) in [5.41, 5.74) is 0.409. The molecular formula is C12H10F4. The van der Waals surface area contributed by atoms with E-state index in [9.17, 15) is 17.6 Å². The third-order valence-corrected chi connectivity index (χ3v) is 2.71. The van der Waals surface area contributed by atoms with Crippen molar-refractivity contribution in [1.82, 2.24) is 0 Å². The quantitative estimate of drug-likeness (QED) is 0.620. The fourth-order valence-electron chi connectivity index (χ4n) is 1.87. The van der Waals surface area contributed by atoms with Gasteiger partial charge >= 0.3 is 6.18 Å². The average molecular weight is 230 g/mol. The van der Waals surface area contributed by atoms with Gasteiger partial charge in [0, 0.05) is 0 Å². The van der Waals surface area contributed by atoms with Crippen LogP contribution < -0.4 is 0 Å². The van der Waals surface area contributed by atoms with Crippen molar-refractivity contribution in [3.05, 3.63) is 41.2 Å². The minimum absolute atomic E-state index is 0.195. The number of rotatable bonds is 1. The molecule has 0 nitrogen and oxygen atoms in total. The third kappa shape index (κ3) is 2.10. The lowest BCUT2D eigenvalue weighted by molar-refractivity contribution is -0.137. The second kappa shape index (κ2) is 3.92. The van der Waals surface area contributed by atoms with Crippen LogP contribution in [0.15, 0.2) is 30.1 Å². The smallest absolute Gasteiger partial charge is 0.212 e. The highest BCUT2D eigenvalue weighted by molar-refractivity contribution is 5.69. The molecule has 0 fully saturated rings. The largest absolute Gasteiger partial charge is 0.416 e. The predicted molar refractivity (Wildman–Crippen MR) is 53.3 cm³/mol. The van der Waals surface area contributed by atoms with Crippen LogP contribution in [0.2, 0.25) is 0 Å². The van der Waals surface area contributed by atoms with Crippen LogP contribution in [0.4, 0.5) is 17.6 Å². The predicted octanol–water partition coefficient (Wildman–Crippen LogP) is 4.57. The summed E-state index contributed by atoms with van der Waals surface area (Å²) in [6.45, 7) is 0. The van der Waals surface area contributed by atoms with Gasteiger partial charge in [0.15, 0.2) is 0 Å². The Labute approximate surface area is 90.6 Å². The first kappa shape index (κ1) is 11.2. The van der Waals surface area contributed by atoms with E-state index in [-0.39, 0.29) is 5.83 Å². The Morgan fingerprint density at radius 1 is 0.938 bits per heavy atom. The minimum Gasteiger partial charge on any atom is -0.212 e. The van der Waals surface area contributed by atoms with Crippen molar-refractivity contribution < 1.29 is 17.6 Å². The van der Waals surface area contributed by atoms with Crippen LogP contribution in [0.1, 0.15) is 30.4 Å². The number of alkyl halides is 3. The van der Waals surface area contributed by atoms with Gasteiger partial charge in [0.25, 0.3) is 0 Å². The van der Waals surface area contributed by atoms with E-state index < -0.39 is 11.7 Å². The zero-order valence-corrected chi connectivity index (χ0v) is 8.44. The van der Waals surface area contributed by atoms with Crippen molar-refractivity contribution >= 4 is 5.57 Å². The van der Waals surface area contributed by atoms with Crippen LogP contribution in [-0.2, 0) is 6.18 Å². The van der Waals surface area contributed by atoms with Crippen molar-refractivity contribution in [2.45, 2.75) is 25.4 Å². The van der Waals surface area contributed by atoms with Crippen molar-refractivity contribution in [2.24, 2.45) is 0 Å². The second-order valence-electron chi connectivity index (χ2n) is 3.81. The van der Waals surface area contributed by atoms with Gasteiger partial charge in [-0.15, -0.1) is 0 Å². The molecule has 0 radical (unpaired) electrons. The van der Waals surface area contributed by atoms with E-state index in [1.54, 1.807) is 0 Å². The lowest BCUT2D eigenvalue weighted by Gasteiger charge is -2.08. The number of hydrogen-bond donors (Lipinski definition) is 0. The highest BCUT2D eigenvalue weighted by atomic mass is 19.4. The molecule has 0 saturated heterocycles. The van der Waals surface area contributed by atoms with E-state index in [1.807, 2.05) is 0 Å². The number of benzene rings is 1. The van der Waals surface area contributed by atoms with E-state index in [0.717, 1.165) is 18.6 Å². The normalized spacial score (nSPS) is 17.0. The van der Waals surface area contributed by atoms with Crippen LogP contribution in [0.3, 0.4) is 0 Å². The van der Waals surface area contributed by atoms with Gasteiger partial charge < -0.3 is 0 Å². The summed E-state index contributed by atoms with van der Waals surface area (Å²) < 4.78 is 50.1. The van der Waals surface area contributed by atoms with Crippen molar-refractivity contribution in [2.75, 3.05) is 0 Å². The van der Waals surface area contributed by atoms with Gasteiger partial charge in [-0.2, -0.15) is 13.2 Å². The van der Waals surface area contributed by atoms with Gasteiger partial charge in [0.05, 0.1) is 5.56 Å². The molecular weight excluding hydrogens is 220 g/mol. The molecule has 1 aliphatic carbocycles. The first-order chi connectivity index (χ1) is 7.48. The summed E-state index contributed by atoms with van der Waals surface area (Å²) in [7, 11) is 0. The highest BCUT2D eigenvalue weighted by Gasteiger charge is 2.30. The van der Waals surface area contributed by atoms with Crippen molar-refractivity contribution in [3.8, 4) is 0 Å². The summed E-state index contributed by atoms with van der Waals surface area (Å²) >= 11 is 0. The van der Waals surface area contributed by atoms with E-state index in [4.69, 9.17) is 0 Å². The topological polar surface area (TPSA) is 0 Å². The average Bonchev–Trinajstić information content (AvgIpc) is 2.63. The summed E-state index contributed by atoms with van der Waals surface area (Å²) in [4.78, 5) is 0. The molecule has 4 heteroatoms. The Morgan fingerprint density at radius 3 is 2.00 bits per heavy atom. The molecule has 1 aliphatic rings. The molecule has 0 atom stereocenters. The van der Waals surface area contributed by atoms with Crippen LogP contribution in [0, 0.1) is 0 Å². The van der Waals surface area contributed by atoms with E-state index in [1.165, 1.54) is 12.1 Å². The standard InChI is InChI=1S/C12H10F4/c13-11-3-1-2-10(11)8-4-6-9(7-5-8)12(14,15)16/h4-7H,1-3H2. The second-order valence-corrected chi connectivity index (χ2v) is 3.81. The molecule has 0 bridgehead atoms. The maximum absolute atomic E-state index is 13.3. The number of hydrogen-bond acceptors (Lipinski definition) is 0. The van der Waals surface area contributed by atoms with Gasteiger partial charge in [-0.3, -0.25) is 0 Å². The van der Waals surface area contributed by atoms with Gasteiger partial charge in [-0.05, 0) is 42.5 Å². The Morgan fingerprint density at radius 2 is 1.56 bits per heavy atom. The maximum atomic E-state index is 13.3.